The second-order valence-electron chi connectivity index (χ2n) is 16.1. The molecule has 4 rings (SSSR count). The first-order valence-corrected chi connectivity index (χ1v) is 16.9. The van der Waals surface area contributed by atoms with Crippen molar-refractivity contribution in [3.63, 3.8) is 0 Å². The lowest BCUT2D eigenvalue weighted by molar-refractivity contribution is -0.203. The minimum Gasteiger partial charge on any atom is -0.393 e. The van der Waals surface area contributed by atoms with Gasteiger partial charge in [-0.2, -0.15) is 0 Å². The number of fused-ring (bicyclic) bond motifs is 5. The number of carbonyl (C=O) groups is 1. The number of hydrogen-bond donors (Lipinski definition) is 3. The molecule has 4 saturated carbocycles. The monoisotopic (exact) mass is 562 g/mol. The molecule has 0 aromatic rings. The lowest BCUT2D eigenvalue weighted by atomic mass is 9.41. The molecule has 4 aliphatic carbocycles. The number of aliphatic hydroxyl groups excluding tert-OH is 2. The van der Waals surface area contributed by atoms with Crippen LogP contribution in [0.1, 0.15) is 132 Å². The number of hydrogen-bond acceptors (Lipinski definition) is 5. The summed E-state index contributed by atoms with van der Waals surface area (Å²) < 4.78 is 6.08. The van der Waals surface area contributed by atoms with Gasteiger partial charge in [-0.3, -0.25) is 4.79 Å². The predicted molar refractivity (Wildman–Crippen MR) is 161 cm³/mol. The zero-order chi connectivity index (χ0) is 29.7. The van der Waals surface area contributed by atoms with Crippen LogP contribution in [0, 0.1) is 52.3 Å². The van der Waals surface area contributed by atoms with Crippen molar-refractivity contribution >= 4 is 5.78 Å². The third-order valence-corrected chi connectivity index (χ3v) is 13.4. The van der Waals surface area contributed by atoms with Crippen molar-refractivity contribution in [1.29, 1.82) is 0 Å². The van der Waals surface area contributed by atoms with E-state index in [1.807, 2.05) is 13.8 Å². The lowest BCUT2D eigenvalue weighted by Gasteiger charge is -2.64. The Bertz CT molecular complexity index is 881. The van der Waals surface area contributed by atoms with Crippen LogP contribution in [0.2, 0.25) is 0 Å². The van der Waals surface area contributed by atoms with Crippen LogP contribution in [0.25, 0.3) is 0 Å². The highest BCUT2D eigenvalue weighted by Gasteiger charge is 2.64. The van der Waals surface area contributed by atoms with E-state index in [1.165, 1.54) is 25.7 Å². The van der Waals surface area contributed by atoms with E-state index in [0.29, 0.717) is 67.3 Å². The van der Waals surface area contributed by atoms with Crippen LogP contribution in [0.4, 0.5) is 0 Å². The van der Waals surface area contributed by atoms with Crippen LogP contribution in [-0.4, -0.2) is 51.1 Å². The van der Waals surface area contributed by atoms with Crippen LogP contribution >= 0.6 is 0 Å². The van der Waals surface area contributed by atoms with Gasteiger partial charge >= 0.3 is 0 Å². The minimum atomic E-state index is -0.792. The van der Waals surface area contributed by atoms with Gasteiger partial charge in [0.05, 0.1) is 24.4 Å². The van der Waals surface area contributed by atoms with Gasteiger partial charge in [0.15, 0.2) is 5.78 Å². The quantitative estimate of drug-likeness (QED) is 0.254. The molecule has 3 N–H and O–H groups in total. The summed E-state index contributed by atoms with van der Waals surface area (Å²) in [5.74, 6) is 3.44. The topological polar surface area (TPSA) is 87.0 Å². The summed E-state index contributed by atoms with van der Waals surface area (Å²) in [5.41, 5.74) is -1.12. The van der Waals surface area contributed by atoms with Crippen molar-refractivity contribution in [2.75, 3.05) is 6.61 Å². The number of carbonyl (C=O) groups excluding carboxylic acids is 1. The molecule has 0 aliphatic heterocycles. The molecule has 0 amide bonds. The Labute approximate surface area is 245 Å². The molecule has 6 unspecified atom stereocenters. The summed E-state index contributed by atoms with van der Waals surface area (Å²) in [6.07, 6.45) is 10.8. The molecule has 5 heteroatoms. The second-order valence-corrected chi connectivity index (χ2v) is 16.1. The Balaban J connectivity index is 1.44. The highest BCUT2D eigenvalue weighted by atomic mass is 16.5. The lowest BCUT2D eigenvalue weighted by Crippen LogP contribution is -2.62. The van der Waals surface area contributed by atoms with E-state index in [-0.39, 0.29) is 28.8 Å². The van der Waals surface area contributed by atoms with Gasteiger partial charge in [-0.15, -0.1) is 0 Å². The molecule has 0 aromatic carbocycles. The van der Waals surface area contributed by atoms with Crippen molar-refractivity contribution in [3.8, 4) is 0 Å². The summed E-state index contributed by atoms with van der Waals surface area (Å²) in [4.78, 5) is 13.4. The number of Topliss-reactive ketones (excluding diaryl/α,β-unsaturated/α-hetero) is 1. The Morgan fingerprint density at radius 2 is 1.62 bits per heavy atom. The van der Waals surface area contributed by atoms with Crippen LogP contribution in [0.15, 0.2) is 0 Å². The fourth-order valence-electron chi connectivity index (χ4n) is 10.7. The Hall–Kier alpha value is -0.490. The minimum absolute atomic E-state index is 0.188. The largest absolute Gasteiger partial charge is 0.393 e. The molecule has 12 atom stereocenters. The van der Waals surface area contributed by atoms with E-state index in [2.05, 4.69) is 27.7 Å². The average Bonchev–Trinajstić information content (AvgIpc) is 3.24. The Kier molecular flexibility index (Phi) is 9.64. The molecule has 0 radical (unpaired) electrons. The first kappa shape index (κ1) is 32.4. The maximum Gasteiger partial charge on any atom is 0.164 e. The number of ketones is 1. The number of ether oxygens (including phenoxy) is 1. The predicted octanol–water partition coefficient (Wildman–Crippen LogP) is 6.94. The molecular formula is C35H62O5. The van der Waals surface area contributed by atoms with Gasteiger partial charge in [0.2, 0.25) is 0 Å². The molecule has 40 heavy (non-hydrogen) atoms. The molecular weight excluding hydrogens is 500 g/mol. The van der Waals surface area contributed by atoms with E-state index in [0.717, 1.165) is 32.1 Å². The van der Waals surface area contributed by atoms with Crippen LogP contribution in [-0.2, 0) is 9.53 Å². The maximum atomic E-state index is 13.4. The SMILES string of the molecule is CC[C@@H]1C2C[C@H](O)CC[C@]2(C)C2CC[C@@]3(C)C(CCC3[C@H](C)CCC(=O)C(C)(CC)OCCC(C)(C)O)C2[C@@H]1O. The van der Waals surface area contributed by atoms with Gasteiger partial charge in [0, 0.05) is 6.42 Å². The van der Waals surface area contributed by atoms with E-state index in [9.17, 15) is 20.1 Å². The van der Waals surface area contributed by atoms with E-state index < -0.39 is 11.2 Å². The fraction of sp³-hybridized carbons (Fsp3) is 0.971. The standard InChI is InChI=1S/C35H62O5/c1-9-24-28-21-23(36)15-17-34(28,7)27-16-18-33(6)25(12-13-26(33)30(27)31(24)38)22(3)11-14-29(37)35(8,10-2)40-20-19-32(4,5)39/h22-28,30-31,36,38-39H,9-21H2,1-8H3/t22-,23-,24-,25?,26?,27?,28?,30?,31-,33-,34-,35?/m1/s1. The van der Waals surface area contributed by atoms with Crippen molar-refractivity contribution in [2.45, 2.75) is 156 Å². The first-order chi connectivity index (χ1) is 18.6. The summed E-state index contributed by atoms with van der Waals surface area (Å²) in [5, 5.41) is 32.6. The highest BCUT2D eigenvalue weighted by Crippen LogP contribution is 2.69. The third-order valence-electron chi connectivity index (χ3n) is 13.4. The van der Waals surface area contributed by atoms with Gasteiger partial charge in [0.1, 0.15) is 5.60 Å². The number of rotatable bonds is 11. The Morgan fingerprint density at radius 3 is 2.25 bits per heavy atom. The molecule has 232 valence electrons. The molecule has 0 aromatic heterocycles. The fourth-order valence-corrected chi connectivity index (χ4v) is 10.7. The van der Waals surface area contributed by atoms with Crippen molar-refractivity contribution in [3.05, 3.63) is 0 Å². The van der Waals surface area contributed by atoms with Crippen LogP contribution in [0.3, 0.4) is 0 Å². The molecule has 4 aliphatic rings. The summed E-state index contributed by atoms with van der Waals surface area (Å²) in [6.45, 7) is 17.5. The summed E-state index contributed by atoms with van der Waals surface area (Å²) in [6, 6.07) is 0. The third kappa shape index (κ3) is 5.84. The first-order valence-electron chi connectivity index (χ1n) is 16.9. The van der Waals surface area contributed by atoms with Crippen LogP contribution < -0.4 is 0 Å². The smallest absolute Gasteiger partial charge is 0.164 e. The summed E-state index contributed by atoms with van der Waals surface area (Å²) >= 11 is 0. The van der Waals surface area contributed by atoms with Gasteiger partial charge in [-0.25, -0.2) is 0 Å². The molecule has 0 spiro atoms. The zero-order valence-electron chi connectivity index (χ0n) is 27.0. The van der Waals surface area contributed by atoms with E-state index >= 15 is 0 Å². The van der Waals surface area contributed by atoms with Crippen molar-refractivity contribution in [2.24, 2.45) is 52.3 Å². The Morgan fingerprint density at radius 1 is 0.975 bits per heavy atom. The van der Waals surface area contributed by atoms with Gasteiger partial charge < -0.3 is 20.1 Å². The van der Waals surface area contributed by atoms with E-state index in [1.54, 1.807) is 13.8 Å². The highest BCUT2D eigenvalue weighted by molar-refractivity contribution is 5.86. The van der Waals surface area contributed by atoms with Crippen molar-refractivity contribution < 1.29 is 24.9 Å². The molecule has 4 fully saturated rings. The summed E-state index contributed by atoms with van der Waals surface area (Å²) in [7, 11) is 0. The van der Waals surface area contributed by atoms with E-state index in [4.69, 9.17) is 4.74 Å². The van der Waals surface area contributed by atoms with Gasteiger partial charge in [0.25, 0.3) is 0 Å². The van der Waals surface area contributed by atoms with Crippen molar-refractivity contribution in [1.82, 2.24) is 0 Å². The molecule has 5 nitrogen and oxygen atoms in total. The number of aliphatic hydroxyl groups is 3. The normalized spacial score (nSPS) is 43.8. The van der Waals surface area contributed by atoms with Crippen LogP contribution in [0.5, 0.6) is 0 Å². The average molecular weight is 563 g/mol. The molecule has 0 bridgehead atoms. The maximum absolute atomic E-state index is 13.4. The molecule has 0 heterocycles. The van der Waals surface area contributed by atoms with Gasteiger partial charge in [-0.1, -0.05) is 41.0 Å². The molecule has 0 saturated heterocycles. The van der Waals surface area contributed by atoms with Gasteiger partial charge in [-0.05, 0) is 137 Å². The second kappa shape index (κ2) is 11.9. The zero-order valence-corrected chi connectivity index (χ0v) is 27.0.